The smallest absolute Gasteiger partial charge is 0.243 e. The molecule has 0 spiro atoms. The number of anilines is 1. The summed E-state index contributed by atoms with van der Waals surface area (Å²) in [5.74, 6) is 0.296. The minimum absolute atomic E-state index is 0.0787. The lowest BCUT2D eigenvalue weighted by molar-refractivity contribution is -0.119. The van der Waals surface area contributed by atoms with Gasteiger partial charge in [0, 0.05) is 11.6 Å². The van der Waals surface area contributed by atoms with Crippen molar-refractivity contribution in [1.29, 1.82) is 0 Å². The Hall–Kier alpha value is -2.87. The van der Waals surface area contributed by atoms with E-state index in [-0.39, 0.29) is 23.9 Å². The third kappa shape index (κ3) is 4.65. The quantitative estimate of drug-likeness (QED) is 0.539. The molecule has 6 nitrogen and oxygen atoms in total. The van der Waals surface area contributed by atoms with Crippen LogP contribution in [0.2, 0.25) is 5.02 Å². The number of amides is 1. The van der Waals surface area contributed by atoms with Gasteiger partial charge in [-0.1, -0.05) is 48.0 Å². The fraction of sp³-hybridized carbons (Fsp3) is 0.208. The molecule has 0 N–H and O–H groups in total. The van der Waals surface area contributed by atoms with Gasteiger partial charge in [0.25, 0.3) is 0 Å². The molecule has 0 saturated heterocycles. The minimum Gasteiger partial charge on any atom is -0.490 e. The molecule has 166 valence electrons. The van der Waals surface area contributed by atoms with Gasteiger partial charge in [-0.05, 0) is 54.4 Å². The molecule has 4 rings (SSSR count). The number of carbonyl (C=O) groups excluding carboxylic acids is 1. The molecular weight excluding hydrogens is 448 g/mol. The maximum atomic E-state index is 13.5. The van der Waals surface area contributed by atoms with Crippen molar-refractivity contribution in [3.05, 3.63) is 88.9 Å². The molecular formula is C24H23ClN2O4S. The van der Waals surface area contributed by atoms with Crippen LogP contribution in [0.1, 0.15) is 11.1 Å². The summed E-state index contributed by atoms with van der Waals surface area (Å²) in [6, 6.07) is 20.8. The molecule has 1 aliphatic heterocycles. The molecule has 0 aromatic heterocycles. The number of para-hydroxylation sites is 2. The lowest BCUT2D eigenvalue weighted by Gasteiger charge is -2.31. The molecule has 0 unspecified atom stereocenters. The van der Waals surface area contributed by atoms with Crippen LogP contribution in [0, 0.1) is 6.92 Å². The number of fused-ring (bicyclic) bond motifs is 1. The largest absolute Gasteiger partial charge is 0.490 e. The number of ether oxygens (including phenoxy) is 1. The van der Waals surface area contributed by atoms with Crippen LogP contribution >= 0.6 is 11.6 Å². The molecule has 1 amide bonds. The summed E-state index contributed by atoms with van der Waals surface area (Å²) in [6.45, 7) is 2.41. The fourth-order valence-corrected chi connectivity index (χ4v) is 5.12. The van der Waals surface area contributed by atoms with Gasteiger partial charge < -0.3 is 9.64 Å². The molecule has 0 aliphatic carbocycles. The zero-order valence-electron chi connectivity index (χ0n) is 17.6. The lowest BCUT2D eigenvalue weighted by Crippen LogP contribution is -2.45. The van der Waals surface area contributed by atoms with Crippen molar-refractivity contribution < 1.29 is 17.9 Å². The van der Waals surface area contributed by atoms with Gasteiger partial charge in [-0.15, -0.1) is 0 Å². The second-order valence-corrected chi connectivity index (χ2v) is 9.89. The molecule has 0 bridgehead atoms. The van der Waals surface area contributed by atoms with Crippen molar-refractivity contribution >= 4 is 33.2 Å². The summed E-state index contributed by atoms with van der Waals surface area (Å²) in [4.78, 5) is 15.0. The summed E-state index contributed by atoms with van der Waals surface area (Å²) < 4.78 is 33.9. The maximum Gasteiger partial charge on any atom is 0.243 e. The number of rotatable bonds is 6. The van der Waals surface area contributed by atoms with Crippen LogP contribution in [-0.2, 0) is 21.4 Å². The van der Waals surface area contributed by atoms with Crippen molar-refractivity contribution in [2.24, 2.45) is 0 Å². The number of nitrogens with zero attached hydrogens (tertiary/aromatic N) is 2. The number of hydrogen-bond donors (Lipinski definition) is 0. The monoisotopic (exact) mass is 470 g/mol. The molecule has 3 aromatic rings. The second kappa shape index (κ2) is 9.32. The van der Waals surface area contributed by atoms with Crippen molar-refractivity contribution in [3.8, 4) is 5.75 Å². The van der Waals surface area contributed by atoms with Gasteiger partial charge in [0.1, 0.15) is 12.4 Å². The van der Waals surface area contributed by atoms with E-state index in [1.807, 2.05) is 43.3 Å². The van der Waals surface area contributed by atoms with Crippen LogP contribution in [0.25, 0.3) is 0 Å². The van der Waals surface area contributed by atoms with E-state index in [1.165, 1.54) is 28.6 Å². The Balaban J connectivity index is 1.67. The van der Waals surface area contributed by atoms with E-state index < -0.39 is 10.0 Å². The van der Waals surface area contributed by atoms with E-state index in [1.54, 1.807) is 17.0 Å². The molecule has 1 aliphatic rings. The molecule has 8 heteroatoms. The number of hydrogen-bond acceptors (Lipinski definition) is 4. The van der Waals surface area contributed by atoms with Gasteiger partial charge in [-0.3, -0.25) is 4.79 Å². The molecule has 3 aromatic carbocycles. The van der Waals surface area contributed by atoms with E-state index in [9.17, 15) is 13.2 Å². The number of benzene rings is 3. The van der Waals surface area contributed by atoms with Crippen molar-refractivity contribution in [3.63, 3.8) is 0 Å². The standard InChI is InChI=1S/C24H23ClN2O4S/c1-18-6-2-3-7-19(18)16-26(32(29,30)21-12-10-20(25)11-13-21)17-24(28)27-14-15-31-23-9-5-4-8-22(23)27/h2-13H,14-17H2,1H3. The van der Waals surface area contributed by atoms with Crippen LogP contribution in [0.4, 0.5) is 5.69 Å². The third-order valence-corrected chi connectivity index (χ3v) is 7.46. The maximum absolute atomic E-state index is 13.5. The Morgan fingerprint density at radius 1 is 1.03 bits per heavy atom. The van der Waals surface area contributed by atoms with Gasteiger partial charge in [0.15, 0.2) is 0 Å². The summed E-state index contributed by atoms with van der Waals surface area (Å²) in [7, 11) is -3.95. The number of halogens is 1. The van der Waals surface area contributed by atoms with Gasteiger partial charge >= 0.3 is 0 Å². The molecule has 0 fully saturated rings. The highest BCUT2D eigenvalue weighted by atomic mass is 35.5. The number of sulfonamides is 1. The SMILES string of the molecule is Cc1ccccc1CN(CC(=O)N1CCOc2ccccc21)S(=O)(=O)c1ccc(Cl)cc1. The van der Waals surface area contributed by atoms with Gasteiger partial charge in [-0.25, -0.2) is 8.42 Å². The fourth-order valence-electron chi connectivity index (χ4n) is 3.62. The summed E-state index contributed by atoms with van der Waals surface area (Å²) in [5.41, 5.74) is 2.43. The van der Waals surface area contributed by atoms with E-state index >= 15 is 0 Å². The summed E-state index contributed by atoms with van der Waals surface area (Å²) >= 11 is 5.94. The number of carbonyl (C=O) groups is 1. The Bertz CT molecular complexity index is 1230. The highest BCUT2D eigenvalue weighted by Gasteiger charge is 2.31. The van der Waals surface area contributed by atoms with Crippen LogP contribution in [0.5, 0.6) is 5.75 Å². The zero-order valence-corrected chi connectivity index (χ0v) is 19.1. The highest BCUT2D eigenvalue weighted by Crippen LogP contribution is 2.31. The third-order valence-electron chi connectivity index (χ3n) is 5.40. The van der Waals surface area contributed by atoms with E-state index in [0.29, 0.717) is 29.6 Å². The normalized spacial score (nSPS) is 13.5. The average molecular weight is 471 g/mol. The molecule has 0 atom stereocenters. The van der Waals surface area contributed by atoms with Crippen LogP contribution in [0.15, 0.2) is 77.7 Å². The van der Waals surface area contributed by atoms with Gasteiger partial charge in [-0.2, -0.15) is 4.31 Å². The van der Waals surface area contributed by atoms with E-state index in [0.717, 1.165) is 11.1 Å². The van der Waals surface area contributed by atoms with Crippen molar-refractivity contribution in [1.82, 2.24) is 4.31 Å². The molecule has 32 heavy (non-hydrogen) atoms. The molecule has 1 heterocycles. The number of aryl methyl sites for hydroxylation is 1. The first-order chi connectivity index (χ1) is 15.4. The summed E-state index contributed by atoms with van der Waals surface area (Å²) in [5, 5.41) is 0.440. The topological polar surface area (TPSA) is 66.9 Å². The predicted molar refractivity (Wildman–Crippen MR) is 125 cm³/mol. The average Bonchev–Trinajstić information content (AvgIpc) is 2.79. The van der Waals surface area contributed by atoms with E-state index in [4.69, 9.17) is 16.3 Å². The van der Waals surface area contributed by atoms with Crippen molar-refractivity contribution in [2.75, 3.05) is 24.6 Å². The first kappa shape index (κ1) is 22.3. The molecule has 0 saturated carbocycles. The first-order valence-corrected chi connectivity index (χ1v) is 12.0. The van der Waals surface area contributed by atoms with Crippen LogP contribution < -0.4 is 9.64 Å². The first-order valence-electron chi connectivity index (χ1n) is 10.2. The predicted octanol–water partition coefficient (Wildman–Crippen LogP) is 4.26. The highest BCUT2D eigenvalue weighted by molar-refractivity contribution is 7.89. The Labute approximate surface area is 193 Å². The van der Waals surface area contributed by atoms with Gasteiger partial charge in [0.2, 0.25) is 15.9 Å². The molecule has 0 radical (unpaired) electrons. The van der Waals surface area contributed by atoms with Crippen LogP contribution in [0.3, 0.4) is 0 Å². The Kier molecular flexibility index (Phi) is 6.50. The summed E-state index contributed by atoms with van der Waals surface area (Å²) in [6.07, 6.45) is 0. The Morgan fingerprint density at radius 3 is 2.47 bits per heavy atom. The van der Waals surface area contributed by atoms with Crippen molar-refractivity contribution in [2.45, 2.75) is 18.4 Å². The van der Waals surface area contributed by atoms with E-state index in [2.05, 4.69) is 0 Å². The lowest BCUT2D eigenvalue weighted by atomic mass is 10.1. The zero-order chi connectivity index (χ0) is 22.7. The minimum atomic E-state index is -3.95. The van der Waals surface area contributed by atoms with Gasteiger partial charge in [0.05, 0.1) is 23.7 Å². The Morgan fingerprint density at radius 2 is 1.72 bits per heavy atom. The van der Waals surface area contributed by atoms with Crippen LogP contribution in [-0.4, -0.2) is 38.3 Å². The second-order valence-electron chi connectivity index (χ2n) is 7.52.